The third-order valence-corrected chi connectivity index (χ3v) is 8.13. The Morgan fingerprint density at radius 2 is 1.64 bits per heavy atom. The van der Waals surface area contributed by atoms with Gasteiger partial charge < -0.3 is 4.74 Å². The number of nitrogens with one attached hydrogen (secondary N) is 1. The molecule has 0 saturated heterocycles. The van der Waals surface area contributed by atoms with Crippen molar-refractivity contribution in [1.82, 2.24) is 5.43 Å². The highest BCUT2D eigenvalue weighted by molar-refractivity contribution is 7.92. The molecule has 39 heavy (non-hydrogen) atoms. The minimum absolute atomic E-state index is 0.0461. The van der Waals surface area contributed by atoms with Crippen LogP contribution in [0.5, 0.6) is 5.75 Å². The highest BCUT2D eigenvalue weighted by atomic mass is 35.5. The second kappa shape index (κ2) is 12.8. The molecule has 0 aliphatic carbocycles. The predicted octanol–water partition coefficient (Wildman–Crippen LogP) is 6.23. The van der Waals surface area contributed by atoms with Crippen LogP contribution in [0.25, 0.3) is 0 Å². The maximum absolute atomic E-state index is 13.5. The van der Waals surface area contributed by atoms with Crippen LogP contribution in [0.1, 0.15) is 16.7 Å². The van der Waals surface area contributed by atoms with Crippen LogP contribution in [-0.2, 0) is 21.4 Å². The van der Waals surface area contributed by atoms with E-state index in [2.05, 4.69) is 10.5 Å². The molecular formula is C29H25Cl2N3O4S. The Hall–Kier alpha value is -3.85. The minimum atomic E-state index is -4.07. The maximum Gasteiger partial charge on any atom is 0.264 e. The quantitative estimate of drug-likeness (QED) is 0.178. The van der Waals surface area contributed by atoms with Crippen molar-refractivity contribution in [2.24, 2.45) is 5.10 Å². The van der Waals surface area contributed by atoms with Crippen molar-refractivity contribution in [1.29, 1.82) is 0 Å². The number of nitrogens with zero attached hydrogens (tertiary/aromatic N) is 2. The highest BCUT2D eigenvalue weighted by Crippen LogP contribution is 2.28. The van der Waals surface area contributed by atoms with E-state index < -0.39 is 22.5 Å². The smallest absolute Gasteiger partial charge is 0.264 e. The first-order valence-electron chi connectivity index (χ1n) is 11.9. The number of hydrogen-bond donors (Lipinski definition) is 1. The number of benzene rings is 4. The summed E-state index contributed by atoms with van der Waals surface area (Å²) in [6.07, 6.45) is 1.44. The molecular weight excluding hydrogens is 557 g/mol. The van der Waals surface area contributed by atoms with Crippen LogP contribution in [0.3, 0.4) is 0 Å². The molecule has 0 aromatic heterocycles. The van der Waals surface area contributed by atoms with Crippen LogP contribution in [0.15, 0.2) is 107 Å². The van der Waals surface area contributed by atoms with E-state index in [1.165, 1.54) is 24.4 Å². The number of sulfonamides is 1. The molecule has 0 heterocycles. The number of carbonyl (C=O) groups excluding carboxylic acids is 1. The number of rotatable bonds is 10. The summed E-state index contributed by atoms with van der Waals surface area (Å²) in [4.78, 5) is 12.9. The SMILES string of the molecule is Cc1ccc(N(CC(=O)N/N=C\c2ccccc2OCc2ccc(Cl)cc2)S(=O)(=O)c2ccccc2)cc1Cl. The van der Waals surface area contributed by atoms with Crippen LogP contribution in [-0.4, -0.2) is 27.1 Å². The lowest BCUT2D eigenvalue weighted by Gasteiger charge is -2.24. The Morgan fingerprint density at radius 1 is 0.949 bits per heavy atom. The zero-order chi connectivity index (χ0) is 27.8. The lowest BCUT2D eigenvalue weighted by Crippen LogP contribution is -2.39. The largest absolute Gasteiger partial charge is 0.488 e. The molecule has 0 radical (unpaired) electrons. The Labute approximate surface area is 237 Å². The molecule has 0 saturated carbocycles. The lowest BCUT2D eigenvalue weighted by atomic mass is 10.2. The van der Waals surface area contributed by atoms with Gasteiger partial charge in [0, 0.05) is 15.6 Å². The lowest BCUT2D eigenvalue weighted by molar-refractivity contribution is -0.119. The number of halogens is 2. The van der Waals surface area contributed by atoms with Gasteiger partial charge >= 0.3 is 0 Å². The van der Waals surface area contributed by atoms with Gasteiger partial charge in [0.2, 0.25) is 0 Å². The molecule has 0 bridgehead atoms. The average molecular weight is 583 g/mol. The van der Waals surface area contributed by atoms with Gasteiger partial charge in [-0.25, -0.2) is 13.8 Å². The number of aryl methyl sites for hydroxylation is 1. The number of amides is 1. The van der Waals surface area contributed by atoms with Crippen LogP contribution in [0, 0.1) is 6.92 Å². The monoisotopic (exact) mass is 581 g/mol. The van der Waals surface area contributed by atoms with Crippen LogP contribution in [0.4, 0.5) is 5.69 Å². The molecule has 4 aromatic carbocycles. The minimum Gasteiger partial charge on any atom is -0.488 e. The normalized spacial score (nSPS) is 11.4. The number of hydrogen-bond acceptors (Lipinski definition) is 5. The van der Waals surface area contributed by atoms with Crippen molar-refractivity contribution < 1.29 is 17.9 Å². The van der Waals surface area contributed by atoms with Gasteiger partial charge in [-0.3, -0.25) is 9.10 Å². The Bertz CT molecular complexity index is 1580. The fourth-order valence-corrected chi connectivity index (χ4v) is 5.31. The Kier molecular flexibility index (Phi) is 9.24. The van der Waals surface area contributed by atoms with Gasteiger partial charge in [0.25, 0.3) is 15.9 Å². The number of para-hydroxylation sites is 1. The van der Waals surface area contributed by atoms with Gasteiger partial charge in [0.05, 0.1) is 16.8 Å². The van der Waals surface area contributed by atoms with Crippen molar-refractivity contribution in [3.63, 3.8) is 0 Å². The molecule has 0 atom stereocenters. The van der Waals surface area contributed by atoms with E-state index in [1.807, 2.05) is 24.3 Å². The van der Waals surface area contributed by atoms with Crippen molar-refractivity contribution in [3.8, 4) is 5.75 Å². The van der Waals surface area contributed by atoms with Crippen molar-refractivity contribution >= 4 is 51.0 Å². The fraction of sp³-hybridized carbons (Fsp3) is 0.103. The number of ether oxygens (including phenoxy) is 1. The van der Waals surface area contributed by atoms with Crippen LogP contribution >= 0.6 is 23.2 Å². The topological polar surface area (TPSA) is 88.1 Å². The third kappa shape index (κ3) is 7.38. The van der Waals surface area contributed by atoms with E-state index in [9.17, 15) is 13.2 Å². The Morgan fingerprint density at radius 3 is 2.36 bits per heavy atom. The average Bonchev–Trinajstić information content (AvgIpc) is 2.94. The second-order valence-electron chi connectivity index (χ2n) is 8.50. The molecule has 0 spiro atoms. The van der Waals surface area contributed by atoms with Crippen molar-refractivity contribution in [3.05, 3.63) is 124 Å². The molecule has 4 aromatic rings. The standard InChI is InChI=1S/C29H25Cl2N3O4S/c1-21-11-16-25(17-27(21)31)34(39(36,37)26-8-3-2-4-9-26)19-29(35)33-32-18-23-7-5-6-10-28(23)38-20-22-12-14-24(30)15-13-22/h2-18H,19-20H2,1H3,(H,33,35)/b32-18-. The first kappa shape index (κ1) is 28.2. The summed E-state index contributed by atoms with van der Waals surface area (Å²) in [7, 11) is -4.07. The van der Waals surface area contributed by atoms with Crippen LogP contribution < -0.4 is 14.5 Å². The van der Waals surface area contributed by atoms with Crippen molar-refractivity contribution in [2.75, 3.05) is 10.8 Å². The van der Waals surface area contributed by atoms with E-state index in [0.29, 0.717) is 28.0 Å². The molecule has 1 amide bonds. The number of hydrazone groups is 1. The third-order valence-electron chi connectivity index (χ3n) is 5.68. The molecule has 0 fully saturated rings. The molecule has 7 nitrogen and oxygen atoms in total. The molecule has 200 valence electrons. The fourth-order valence-electron chi connectivity index (χ4n) is 3.57. The van der Waals surface area contributed by atoms with Gasteiger partial charge in [-0.1, -0.05) is 71.7 Å². The summed E-state index contributed by atoms with van der Waals surface area (Å²) in [5, 5.41) is 5.06. The zero-order valence-corrected chi connectivity index (χ0v) is 23.2. The van der Waals surface area contributed by atoms with Gasteiger partial charge in [0.1, 0.15) is 18.9 Å². The first-order valence-corrected chi connectivity index (χ1v) is 14.1. The second-order valence-corrected chi connectivity index (χ2v) is 11.2. The number of carbonyl (C=O) groups is 1. The van der Waals surface area contributed by atoms with Gasteiger partial charge in [0.15, 0.2) is 0 Å². The summed E-state index contributed by atoms with van der Waals surface area (Å²) < 4.78 is 33.8. The van der Waals surface area contributed by atoms with Gasteiger partial charge in [-0.05, 0) is 66.6 Å². The van der Waals surface area contributed by atoms with Gasteiger partial charge in [-0.2, -0.15) is 5.10 Å². The maximum atomic E-state index is 13.5. The van der Waals surface area contributed by atoms with Crippen LogP contribution in [0.2, 0.25) is 10.0 Å². The van der Waals surface area contributed by atoms with E-state index in [-0.39, 0.29) is 10.6 Å². The Balaban J connectivity index is 1.49. The number of anilines is 1. The summed E-state index contributed by atoms with van der Waals surface area (Å²) in [6.45, 7) is 1.61. The van der Waals surface area contributed by atoms with E-state index in [4.69, 9.17) is 27.9 Å². The summed E-state index contributed by atoms with van der Waals surface area (Å²) in [6, 6.07) is 27.2. The first-order chi connectivity index (χ1) is 18.7. The highest BCUT2D eigenvalue weighted by Gasteiger charge is 2.27. The van der Waals surface area contributed by atoms with E-state index in [0.717, 1.165) is 15.4 Å². The summed E-state index contributed by atoms with van der Waals surface area (Å²) in [5.74, 6) is -0.0740. The van der Waals surface area contributed by atoms with Crippen molar-refractivity contribution in [2.45, 2.75) is 18.4 Å². The van der Waals surface area contributed by atoms with E-state index >= 15 is 0 Å². The molecule has 0 aliphatic heterocycles. The molecule has 0 unspecified atom stereocenters. The van der Waals surface area contributed by atoms with Gasteiger partial charge in [-0.15, -0.1) is 0 Å². The predicted molar refractivity (Wildman–Crippen MR) is 155 cm³/mol. The molecule has 1 N–H and O–H groups in total. The summed E-state index contributed by atoms with van der Waals surface area (Å²) >= 11 is 12.2. The molecule has 10 heteroatoms. The van der Waals surface area contributed by atoms with E-state index in [1.54, 1.807) is 61.5 Å². The molecule has 4 rings (SSSR count). The molecule has 0 aliphatic rings. The zero-order valence-electron chi connectivity index (χ0n) is 20.9. The summed E-state index contributed by atoms with van der Waals surface area (Å²) in [5.41, 5.74) is 5.02.